The average molecular weight is 354 g/mol. The number of aromatic amines is 1. The maximum atomic E-state index is 13.5. The van der Waals surface area contributed by atoms with Crippen LogP contribution in [0, 0.1) is 11.6 Å². The van der Waals surface area contributed by atoms with E-state index in [2.05, 4.69) is 10.3 Å². The van der Waals surface area contributed by atoms with Gasteiger partial charge in [0.1, 0.15) is 0 Å². The van der Waals surface area contributed by atoms with E-state index in [-0.39, 0.29) is 5.91 Å². The lowest BCUT2D eigenvalue weighted by atomic mass is 9.84. The molecule has 0 unspecified atom stereocenters. The summed E-state index contributed by atoms with van der Waals surface area (Å²) < 4.78 is 26.8. The topological polar surface area (TPSA) is 44.9 Å². The first-order valence-corrected chi connectivity index (χ1v) is 8.99. The highest BCUT2D eigenvalue weighted by atomic mass is 19.2. The van der Waals surface area contributed by atoms with Gasteiger partial charge in [-0.2, -0.15) is 0 Å². The van der Waals surface area contributed by atoms with Crippen molar-refractivity contribution in [2.24, 2.45) is 0 Å². The molecule has 1 aromatic heterocycles. The van der Waals surface area contributed by atoms with Crippen LogP contribution in [0.4, 0.5) is 14.5 Å². The molecule has 1 aliphatic carbocycles. The predicted octanol–water partition coefficient (Wildman–Crippen LogP) is 5.75. The Labute approximate surface area is 150 Å². The number of carbonyl (C=O) groups is 1. The Morgan fingerprint density at radius 2 is 1.69 bits per heavy atom. The number of carbonyl (C=O) groups excluding carboxylic acids is 1. The number of halogens is 2. The Morgan fingerprint density at radius 1 is 1.00 bits per heavy atom. The summed E-state index contributed by atoms with van der Waals surface area (Å²) in [6.07, 6.45) is 7.81. The van der Waals surface area contributed by atoms with Crippen molar-refractivity contribution >= 4 is 22.5 Å². The van der Waals surface area contributed by atoms with Crippen molar-refractivity contribution in [3.8, 4) is 0 Å². The van der Waals surface area contributed by atoms with Crippen molar-refractivity contribution in [1.29, 1.82) is 0 Å². The molecule has 0 spiro atoms. The first-order valence-electron chi connectivity index (χ1n) is 8.99. The SMILES string of the molecule is O=C(Nc1c[nH]c2cc(F)c(F)cc12)c1ccc(C2CCCCC2)cc1. The molecule has 1 saturated carbocycles. The third kappa shape index (κ3) is 3.21. The largest absolute Gasteiger partial charge is 0.359 e. The fourth-order valence-corrected chi connectivity index (χ4v) is 3.76. The van der Waals surface area contributed by atoms with Gasteiger partial charge in [-0.05, 0) is 42.5 Å². The molecule has 2 N–H and O–H groups in total. The second-order valence-electron chi connectivity index (χ2n) is 6.93. The van der Waals surface area contributed by atoms with Crippen molar-refractivity contribution in [1.82, 2.24) is 4.98 Å². The Balaban J connectivity index is 1.52. The molecule has 26 heavy (non-hydrogen) atoms. The van der Waals surface area contributed by atoms with Crippen LogP contribution in [-0.4, -0.2) is 10.9 Å². The highest BCUT2D eigenvalue weighted by molar-refractivity contribution is 6.09. The van der Waals surface area contributed by atoms with Gasteiger partial charge in [-0.25, -0.2) is 8.78 Å². The minimum absolute atomic E-state index is 0.272. The molecule has 1 amide bonds. The molecule has 1 fully saturated rings. The predicted molar refractivity (Wildman–Crippen MR) is 98.4 cm³/mol. The minimum Gasteiger partial charge on any atom is -0.359 e. The maximum Gasteiger partial charge on any atom is 0.255 e. The number of aromatic nitrogens is 1. The Kier molecular flexibility index (Phi) is 4.45. The van der Waals surface area contributed by atoms with E-state index in [0.717, 1.165) is 12.1 Å². The van der Waals surface area contributed by atoms with Crippen LogP contribution in [0.2, 0.25) is 0 Å². The van der Waals surface area contributed by atoms with Gasteiger partial charge in [0.2, 0.25) is 0 Å². The van der Waals surface area contributed by atoms with Crippen molar-refractivity contribution in [3.63, 3.8) is 0 Å². The van der Waals surface area contributed by atoms with E-state index in [1.807, 2.05) is 24.3 Å². The number of hydrogen-bond acceptors (Lipinski definition) is 1. The summed E-state index contributed by atoms with van der Waals surface area (Å²) in [5.74, 6) is -1.54. The summed E-state index contributed by atoms with van der Waals surface area (Å²) in [6.45, 7) is 0. The Morgan fingerprint density at radius 3 is 2.42 bits per heavy atom. The van der Waals surface area contributed by atoms with Crippen LogP contribution in [0.15, 0.2) is 42.6 Å². The van der Waals surface area contributed by atoms with E-state index in [0.29, 0.717) is 28.1 Å². The monoisotopic (exact) mass is 354 g/mol. The molecule has 1 heterocycles. The maximum absolute atomic E-state index is 13.5. The summed E-state index contributed by atoms with van der Waals surface area (Å²) in [6, 6.07) is 9.87. The van der Waals surface area contributed by atoms with Gasteiger partial charge in [-0.1, -0.05) is 31.4 Å². The van der Waals surface area contributed by atoms with Gasteiger partial charge in [0, 0.05) is 23.2 Å². The smallest absolute Gasteiger partial charge is 0.255 e. The molecular weight excluding hydrogens is 334 g/mol. The lowest BCUT2D eigenvalue weighted by molar-refractivity contribution is 0.102. The summed E-state index contributed by atoms with van der Waals surface area (Å²) in [4.78, 5) is 15.3. The molecule has 0 aliphatic heterocycles. The molecule has 1 aliphatic rings. The van der Waals surface area contributed by atoms with Crippen LogP contribution in [0.1, 0.15) is 53.9 Å². The molecule has 3 aromatic rings. The molecule has 0 bridgehead atoms. The normalized spacial score (nSPS) is 15.3. The van der Waals surface area contributed by atoms with Crippen LogP contribution in [0.3, 0.4) is 0 Å². The van der Waals surface area contributed by atoms with Crippen molar-refractivity contribution in [3.05, 3.63) is 65.4 Å². The number of benzene rings is 2. The molecule has 0 atom stereocenters. The van der Waals surface area contributed by atoms with E-state index in [1.54, 1.807) is 0 Å². The van der Waals surface area contributed by atoms with Gasteiger partial charge in [-0.15, -0.1) is 0 Å². The van der Waals surface area contributed by atoms with Crippen LogP contribution in [0.25, 0.3) is 10.9 Å². The summed E-state index contributed by atoms with van der Waals surface area (Å²) in [5.41, 5.74) is 2.69. The third-order valence-corrected chi connectivity index (χ3v) is 5.22. The van der Waals surface area contributed by atoms with Crippen molar-refractivity contribution < 1.29 is 13.6 Å². The van der Waals surface area contributed by atoms with E-state index in [9.17, 15) is 13.6 Å². The second kappa shape index (κ2) is 6.90. The molecule has 0 radical (unpaired) electrons. The highest BCUT2D eigenvalue weighted by Gasteiger charge is 2.17. The lowest BCUT2D eigenvalue weighted by Gasteiger charge is -2.22. The third-order valence-electron chi connectivity index (χ3n) is 5.22. The van der Waals surface area contributed by atoms with E-state index in [4.69, 9.17) is 0 Å². The van der Waals surface area contributed by atoms with Gasteiger partial charge in [0.05, 0.1) is 11.2 Å². The summed E-state index contributed by atoms with van der Waals surface area (Å²) in [5, 5.41) is 3.21. The molecule has 5 heteroatoms. The summed E-state index contributed by atoms with van der Waals surface area (Å²) >= 11 is 0. The highest BCUT2D eigenvalue weighted by Crippen LogP contribution is 2.32. The van der Waals surface area contributed by atoms with Crippen LogP contribution in [-0.2, 0) is 0 Å². The Bertz CT molecular complexity index is 941. The fourth-order valence-electron chi connectivity index (χ4n) is 3.76. The zero-order valence-electron chi connectivity index (χ0n) is 14.3. The second-order valence-corrected chi connectivity index (χ2v) is 6.93. The van der Waals surface area contributed by atoms with Crippen LogP contribution in [0.5, 0.6) is 0 Å². The molecular formula is C21H20F2N2O. The molecule has 3 nitrogen and oxygen atoms in total. The van der Waals surface area contributed by atoms with Gasteiger partial charge < -0.3 is 10.3 Å². The van der Waals surface area contributed by atoms with Crippen molar-refractivity contribution in [2.75, 3.05) is 5.32 Å². The first-order chi connectivity index (χ1) is 12.6. The van der Waals surface area contributed by atoms with Gasteiger partial charge >= 0.3 is 0 Å². The van der Waals surface area contributed by atoms with Crippen LogP contribution >= 0.6 is 0 Å². The molecule has 134 valence electrons. The number of fused-ring (bicyclic) bond motifs is 1. The van der Waals surface area contributed by atoms with Gasteiger partial charge in [0.15, 0.2) is 11.6 Å². The Hall–Kier alpha value is -2.69. The number of nitrogens with one attached hydrogen (secondary N) is 2. The molecule has 0 saturated heterocycles. The number of anilines is 1. The number of hydrogen-bond donors (Lipinski definition) is 2. The van der Waals surface area contributed by atoms with E-state index in [1.165, 1.54) is 43.9 Å². The molecule has 2 aromatic carbocycles. The van der Waals surface area contributed by atoms with E-state index >= 15 is 0 Å². The number of rotatable bonds is 3. The lowest BCUT2D eigenvalue weighted by Crippen LogP contribution is -2.12. The van der Waals surface area contributed by atoms with E-state index < -0.39 is 11.6 Å². The van der Waals surface area contributed by atoms with Gasteiger partial charge in [0.25, 0.3) is 5.91 Å². The standard InChI is InChI=1S/C21H20F2N2O/c22-17-10-16-19(11-18(17)23)24-12-20(16)25-21(26)15-8-6-14(7-9-15)13-4-2-1-3-5-13/h6-13,24H,1-5H2,(H,25,26). The van der Waals surface area contributed by atoms with Crippen molar-refractivity contribution in [2.45, 2.75) is 38.0 Å². The zero-order chi connectivity index (χ0) is 18.1. The average Bonchev–Trinajstić information content (AvgIpc) is 3.04. The number of amides is 1. The van der Waals surface area contributed by atoms with Crippen LogP contribution < -0.4 is 5.32 Å². The fraction of sp³-hybridized carbons (Fsp3) is 0.286. The summed E-state index contributed by atoms with van der Waals surface area (Å²) in [7, 11) is 0. The first kappa shape index (κ1) is 16.8. The minimum atomic E-state index is -0.940. The zero-order valence-corrected chi connectivity index (χ0v) is 14.3. The molecule has 4 rings (SSSR count). The quantitative estimate of drug-likeness (QED) is 0.618. The van der Waals surface area contributed by atoms with Gasteiger partial charge in [-0.3, -0.25) is 4.79 Å². The number of H-pyrrole nitrogens is 1.